The predicted molar refractivity (Wildman–Crippen MR) is 146 cm³/mol. The molecule has 4 rings (SSSR count). The van der Waals surface area contributed by atoms with Crippen LogP contribution in [-0.2, 0) is 16.6 Å². The maximum atomic E-state index is 14.4. The van der Waals surface area contributed by atoms with Crippen LogP contribution in [0.3, 0.4) is 0 Å². The number of carbonyl (C=O) groups excluding carboxylic acids is 1. The molecule has 1 aliphatic rings. The van der Waals surface area contributed by atoms with Crippen LogP contribution in [0.15, 0.2) is 80.6 Å². The summed E-state index contributed by atoms with van der Waals surface area (Å²) in [6.07, 6.45) is 1.60. The predicted octanol–water partition coefficient (Wildman–Crippen LogP) is 5.89. The maximum Gasteiger partial charge on any atom is 0.263 e. The molecule has 0 bridgehead atoms. The van der Waals surface area contributed by atoms with E-state index >= 15 is 0 Å². The Morgan fingerprint density at radius 2 is 1.72 bits per heavy atom. The second-order valence-electron chi connectivity index (χ2n) is 8.82. The number of hydrogen-bond donors (Lipinski definition) is 1. The lowest BCUT2D eigenvalue weighted by Gasteiger charge is -2.37. The Kier molecular flexibility index (Phi) is 8.49. The normalized spacial score (nSPS) is 15.0. The van der Waals surface area contributed by atoms with Crippen molar-refractivity contribution in [3.05, 3.63) is 92.6 Å². The third-order valence-electron chi connectivity index (χ3n) is 6.26. The van der Waals surface area contributed by atoms with Crippen LogP contribution in [0.4, 0.5) is 10.1 Å². The summed E-state index contributed by atoms with van der Waals surface area (Å²) in [5, 5.41) is 0. The highest BCUT2D eigenvalue weighted by atomic mass is 79.9. The Balaban J connectivity index is 1.56. The fourth-order valence-corrected chi connectivity index (χ4v) is 6.79. The van der Waals surface area contributed by atoms with Crippen molar-refractivity contribution < 1.29 is 17.6 Å². The van der Waals surface area contributed by atoms with E-state index in [9.17, 15) is 17.6 Å². The van der Waals surface area contributed by atoms with Gasteiger partial charge in [0.15, 0.2) is 0 Å². The summed E-state index contributed by atoms with van der Waals surface area (Å²) in [6, 6.07) is 17.7. The van der Waals surface area contributed by atoms with E-state index in [2.05, 4.69) is 41.5 Å². The average molecular weight is 639 g/mol. The molecule has 0 spiro atoms. The quantitative estimate of drug-likeness (QED) is 0.351. The number of nitrogens with zero attached hydrogens (tertiary/aromatic N) is 2. The van der Waals surface area contributed by atoms with Gasteiger partial charge in [-0.25, -0.2) is 12.8 Å². The molecular weight excluding hydrogens is 613 g/mol. The molecule has 1 amide bonds. The average Bonchev–Trinajstić information content (AvgIpc) is 2.85. The Bertz CT molecular complexity index is 1340. The number of hydrogen-bond acceptors (Lipinski definition) is 4. The number of rotatable bonds is 7. The first-order valence-electron chi connectivity index (χ1n) is 11.4. The van der Waals surface area contributed by atoms with E-state index < -0.39 is 10.0 Å². The molecule has 1 aliphatic heterocycles. The van der Waals surface area contributed by atoms with E-state index in [-0.39, 0.29) is 29.2 Å². The molecule has 0 saturated carbocycles. The standard InChI is InChI=1S/C26H26Br2FN3O3S/c1-31-14-12-22(13-15-31)32(17-19-4-2-3-5-24(19)29)26(33)18-6-9-21(10-7-18)30-36(34,35)25-16-20(27)8-11-23(25)28/h2-11,16,22,30H,12-15,17H2,1H3. The SMILES string of the molecule is CN1CCC(N(Cc2ccccc2F)C(=O)c2ccc(NS(=O)(=O)c3cc(Br)ccc3Br)cc2)CC1. The number of carbonyl (C=O) groups is 1. The monoisotopic (exact) mass is 637 g/mol. The van der Waals surface area contributed by atoms with E-state index in [1.54, 1.807) is 59.5 Å². The molecule has 1 N–H and O–H groups in total. The Morgan fingerprint density at radius 3 is 2.39 bits per heavy atom. The summed E-state index contributed by atoms with van der Waals surface area (Å²) in [7, 11) is -1.80. The number of likely N-dealkylation sites (tertiary alicyclic amines) is 1. The molecule has 36 heavy (non-hydrogen) atoms. The molecule has 0 aromatic heterocycles. The van der Waals surface area contributed by atoms with Crippen LogP contribution in [0.25, 0.3) is 0 Å². The van der Waals surface area contributed by atoms with E-state index in [1.165, 1.54) is 12.1 Å². The van der Waals surface area contributed by atoms with Crippen molar-refractivity contribution >= 4 is 53.5 Å². The molecule has 6 nitrogen and oxygen atoms in total. The van der Waals surface area contributed by atoms with Gasteiger partial charge in [-0.1, -0.05) is 34.1 Å². The minimum atomic E-state index is -3.85. The number of sulfonamides is 1. The van der Waals surface area contributed by atoms with Crippen molar-refractivity contribution in [2.45, 2.75) is 30.3 Å². The number of benzene rings is 3. The molecule has 1 heterocycles. The van der Waals surface area contributed by atoms with Crippen molar-refractivity contribution in [1.82, 2.24) is 9.80 Å². The zero-order valence-corrected chi connectivity index (χ0v) is 23.6. The minimum Gasteiger partial charge on any atom is -0.331 e. The molecule has 0 atom stereocenters. The highest BCUT2D eigenvalue weighted by Crippen LogP contribution is 2.28. The molecule has 190 valence electrons. The molecule has 0 unspecified atom stereocenters. The second-order valence-corrected chi connectivity index (χ2v) is 12.2. The highest BCUT2D eigenvalue weighted by molar-refractivity contribution is 9.11. The Morgan fingerprint density at radius 1 is 1.06 bits per heavy atom. The van der Waals surface area contributed by atoms with Gasteiger partial charge in [-0.2, -0.15) is 0 Å². The van der Waals surface area contributed by atoms with Gasteiger partial charge in [0.2, 0.25) is 0 Å². The highest BCUT2D eigenvalue weighted by Gasteiger charge is 2.28. The van der Waals surface area contributed by atoms with E-state index in [4.69, 9.17) is 0 Å². The fraction of sp³-hybridized carbons (Fsp3) is 0.269. The summed E-state index contributed by atoms with van der Waals surface area (Å²) in [4.78, 5) is 17.6. The van der Waals surface area contributed by atoms with Crippen LogP contribution < -0.4 is 4.72 Å². The maximum absolute atomic E-state index is 14.4. The van der Waals surface area contributed by atoms with Crippen LogP contribution in [-0.4, -0.2) is 50.3 Å². The number of amides is 1. The number of halogens is 3. The third kappa shape index (κ3) is 6.34. The molecule has 3 aromatic carbocycles. The van der Waals surface area contributed by atoms with Gasteiger partial charge in [-0.05, 0) is 97.4 Å². The molecule has 1 saturated heterocycles. The van der Waals surface area contributed by atoms with Crippen molar-refractivity contribution in [2.24, 2.45) is 0 Å². The van der Waals surface area contributed by atoms with Crippen LogP contribution in [0.5, 0.6) is 0 Å². The first-order valence-corrected chi connectivity index (χ1v) is 14.5. The molecule has 10 heteroatoms. The Labute approximate surface area is 227 Å². The van der Waals surface area contributed by atoms with Crippen LogP contribution in [0.2, 0.25) is 0 Å². The van der Waals surface area contributed by atoms with Gasteiger partial charge in [0.1, 0.15) is 10.7 Å². The summed E-state index contributed by atoms with van der Waals surface area (Å²) in [5.41, 5.74) is 1.21. The summed E-state index contributed by atoms with van der Waals surface area (Å²) in [5.74, 6) is -0.552. The second kappa shape index (κ2) is 11.4. The van der Waals surface area contributed by atoms with Gasteiger partial charge in [0.05, 0.1) is 0 Å². The van der Waals surface area contributed by atoms with E-state index in [0.29, 0.717) is 25.8 Å². The van der Waals surface area contributed by atoms with Gasteiger partial charge in [-0.15, -0.1) is 0 Å². The first-order chi connectivity index (χ1) is 17.1. The summed E-state index contributed by atoms with van der Waals surface area (Å²) in [6.45, 7) is 1.89. The van der Waals surface area contributed by atoms with Crippen LogP contribution in [0.1, 0.15) is 28.8 Å². The lowest BCUT2D eigenvalue weighted by Crippen LogP contribution is -2.46. The van der Waals surface area contributed by atoms with E-state index in [1.807, 2.05) is 7.05 Å². The lowest BCUT2D eigenvalue weighted by molar-refractivity contribution is 0.0567. The molecule has 3 aromatic rings. The Hall–Kier alpha value is -2.27. The summed E-state index contributed by atoms with van der Waals surface area (Å²) >= 11 is 6.58. The largest absolute Gasteiger partial charge is 0.331 e. The lowest BCUT2D eigenvalue weighted by atomic mass is 10.0. The zero-order chi connectivity index (χ0) is 25.9. The minimum absolute atomic E-state index is 0.0136. The molecule has 0 aliphatic carbocycles. The topological polar surface area (TPSA) is 69.7 Å². The number of piperidine rings is 1. The zero-order valence-electron chi connectivity index (χ0n) is 19.6. The van der Waals surface area contributed by atoms with Crippen LogP contribution in [0, 0.1) is 5.82 Å². The smallest absolute Gasteiger partial charge is 0.263 e. The van der Waals surface area contributed by atoms with Gasteiger partial charge < -0.3 is 9.80 Å². The third-order valence-corrected chi connectivity index (χ3v) is 9.12. The van der Waals surface area contributed by atoms with Crippen molar-refractivity contribution in [2.75, 3.05) is 24.9 Å². The summed E-state index contributed by atoms with van der Waals surface area (Å²) < 4.78 is 43.8. The fourth-order valence-electron chi connectivity index (χ4n) is 4.22. The number of anilines is 1. The van der Waals surface area contributed by atoms with Crippen LogP contribution >= 0.6 is 31.9 Å². The van der Waals surface area contributed by atoms with Crippen molar-refractivity contribution in [1.29, 1.82) is 0 Å². The molecule has 0 radical (unpaired) electrons. The molecular formula is C26H26Br2FN3O3S. The first kappa shape index (κ1) is 26.8. The van der Waals surface area contributed by atoms with E-state index in [0.717, 1.165) is 25.9 Å². The van der Waals surface area contributed by atoms with Gasteiger partial charge >= 0.3 is 0 Å². The van der Waals surface area contributed by atoms with Gasteiger partial charge in [-0.3, -0.25) is 9.52 Å². The van der Waals surface area contributed by atoms with Gasteiger partial charge in [0, 0.05) is 38.3 Å². The van der Waals surface area contributed by atoms with Crippen molar-refractivity contribution in [3.63, 3.8) is 0 Å². The number of nitrogens with one attached hydrogen (secondary N) is 1. The molecule has 1 fully saturated rings. The van der Waals surface area contributed by atoms with Crippen molar-refractivity contribution in [3.8, 4) is 0 Å². The van der Waals surface area contributed by atoms with Gasteiger partial charge in [0.25, 0.3) is 15.9 Å².